The lowest BCUT2D eigenvalue weighted by Gasteiger charge is -2.08. The van der Waals surface area contributed by atoms with E-state index >= 15 is 0 Å². The van der Waals surface area contributed by atoms with Crippen LogP contribution in [0.5, 0.6) is 0 Å². The van der Waals surface area contributed by atoms with Gasteiger partial charge >= 0.3 is 0 Å². The fraction of sp³-hybridized carbons (Fsp3) is 0.0270. The highest BCUT2D eigenvalue weighted by Crippen LogP contribution is 2.35. The zero-order valence-electron chi connectivity index (χ0n) is 21.6. The van der Waals surface area contributed by atoms with Crippen molar-refractivity contribution in [2.45, 2.75) is 6.42 Å². The van der Waals surface area contributed by atoms with Gasteiger partial charge < -0.3 is 8.98 Å². The average molecular weight is 502 g/mol. The average Bonchev–Trinajstić information content (AvgIpc) is 3.52. The second-order valence-electron chi connectivity index (χ2n) is 9.91. The van der Waals surface area contributed by atoms with E-state index in [1.807, 2.05) is 12.1 Å². The Balaban J connectivity index is 1.23. The van der Waals surface area contributed by atoms with Crippen molar-refractivity contribution in [3.05, 3.63) is 151 Å². The summed E-state index contributed by atoms with van der Waals surface area (Å²) in [5.41, 5.74) is 10.4. The number of hydrogen-bond donors (Lipinski definition) is 0. The molecule has 0 aliphatic carbocycles. The van der Waals surface area contributed by atoms with E-state index in [0.29, 0.717) is 0 Å². The van der Waals surface area contributed by atoms with Gasteiger partial charge in [0.05, 0.1) is 11.0 Å². The van der Waals surface area contributed by atoms with Crippen molar-refractivity contribution in [1.82, 2.24) is 4.57 Å². The van der Waals surface area contributed by atoms with E-state index in [1.165, 1.54) is 49.7 Å². The van der Waals surface area contributed by atoms with Gasteiger partial charge in [-0.3, -0.25) is 0 Å². The van der Waals surface area contributed by atoms with Gasteiger partial charge in [0.2, 0.25) is 0 Å². The molecule has 2 heteroatoms. The summed E-state index contributed by atoms with van der Waals surface area (Å²) in [6.45, 7) is 7.82. The molecule has 2 heterocycles. The molecule has 0 N–H and O–H groups in total. The Morgan fingerprint density at radius 2 is 1.31 bits per heavy atom. The highest BCUT2D eigenvalue weighted by Gasteiger charge is 2.13. The maximum atomic E-state index is 5.90. The second-order valence-corrected chi connectivity index (χ2v) is 9.91. The van der Waals surface area contributed by atoms with Crippen molar-refractivity contribution in [2.24, 2.45) is 0 Å². The molecule has 0 saturated carbocycles. The summed E-state index contributed by atoms with van der Waals surface area (Å²) in [4.78, 5) is 0. The lowest BCUT2D eigenvalue weighted by Crippen LogP contribution is -1.92. The Hall–Kier alpha value is -5.08. The summed E-state index contributed by atoms with van der Waals surface area (Å²) < 4.78 is 8.25. The first-order valence-corrected chi connectivity index (χ1v) is 13.2. The zero-order valence-corrected chi connectivity index (χ0v) is 21.6. The number of aromatic nitrogens is 1. The number of hydrogen-bond acceptors (Lipinski definition) is 1. The Kier molecular flexibility index (Phi) is 5.53. The van der Waals surface area contributed by atoms with E-state index in [1.54, 1.807) is 6.08 Å². The van der Waals surface area contributed by atoms with Gasteiger partial charge in [-0.2, -0.15) is 0 Å². The molecule has 7 rings (SSSR count). The van der Waals surface area contributed by atoms with Crippen molar-refractivity contribution in [3.63, 3.8) is 0 Å². The number of fused-ring (bicyclic) bond motifs is 4. The van der Waals surface area contributed by atoms with Crippen LogP contribution in [0, 0.1) is 0 Å². The normalized spacial score (nSPS) is 11.4. The standard InChI is InChI=1S/C37H27NO/c1-3-30-33-23-26(16-21-37(33)39-36(30)4-2)22-25-14-17-27(18-15-25)28-19-20-35-32(24-28)31-12-8-9-13-34(31)38(35)29-10-6-5-7-11-29/h3-21,23-24H,1-2,22H2. The predicted molar refractivity (Wildman–Crippen MR) is 165 cm³/mol. The molecule has 0 unspecified atom stereocenters. The quantitative estimate of drug-likeness (QED) is 0.222. The van der Waals surface area contributed by atoms with E-state index in [2.05, 4.69) is 127 Å². The SMILES string of the molecule is C=Cc1oc2ccc(Cc3ccc(-c4ccc5c(c4)c4ccccc4n5-c4ccccc4)cc3)cc2c1C=C. The van der Waals surface area contributed by atoms with Crippen molar-refractivity contribution in [1.29, 1.82) is 0 Å². The molecule has 7 aromatic rings. The van der Waals surface area contributed by atoms with Gasteiger partial charge in [0.1, 0.15) is 11.3 Å². The molecular weight excluding hydrogens is 474 g/mol. The molecule has 39 heavy (non-hydrogen) atoms. The molecule has 0 amide bonds. The summed E-state index contributed by atoms with van der Waals surface area (Å²) in [5.74, 6) is 0.769. The van der Waals surface area contributed by atoms with Crippen LogP contribution in [-0.4, -0.2) is 4.57 Å². The van der Waals surface area contributed by atoms with E-state index in [0.717, 1.165) is 28.7 Å². The third-order valence-electron chi connectivity index (χ3n) is 7.59. The fourth-order valence-electron chi connectivity index (χ4n) is 5.71. The molecule has 0 spiro atoms. The van der Waals surface area contributed by atoms with Crippen LogP contribution in [0.3, 0.4) is 0 Å². The van der Waals surface area contributed by atoms with E-state index in [4.69, 9.17) is 4.42 Å². The first kappa shape index (κ1) is 23.1. The van der Waals surface area contributed by atoms with Gasteiger partial charge in [0, 0.05) is 27.4 Å². The van der Waals surface area contributed by atoms with Gasteiger partial charge in [-0.25, -0.2) is 0 Å². The van der Waals surface area contributed by atoms with Gasteiger partial charge in [-0.1, -0.05) is 92.0 Å². The smallest absolute Gasteiger partial charge is 0.135 e. The molecule has 0 bridgehead atoms. The van der Waals surface area contributed by atoms with Crippen LogP contribution >= 0.6 is 0 Å². The highest BCUT2D eigenvalue weighted by atomic mass is 16.3. The van der Waals surface area contributed by atoms with Crippen molar-refractivity contribution in [2.75, 3.05) is 0 Å². The summed E-state index contributed by atoms with van der Waals surface area (Å²) >= 11 is 0. The van der Waals surface area contributed by atoms with Crippen molar-refractivity contribution >= 4 is 44.9 Å². The molecule has 0 aliphatic heterocycles. The van der Waals surface area contributed by atoms with Crippen LogP contribution in [0.25, 0.3) is 61.7 Å². The van der Waals surface area contributed by atoms with Crippen molar-refractivity contribution < 1.29 is 4.42 Å². The van der Waals surface area contributed by atoms with Crippen molar-refractivity contribution in [3.8, 4) is 16.8 Å². The molecule has 0 fully saturated rings. The number of para-hydroxylation sites is 2. The Bertz CT molecular complexity index is 2000. The summed E-state index contributed by atoms with van der Waals surface area (Å²) in [6.07, 6.45) is 4.44. The number of nitrogens with zero attached hydrogens (tertiary/aromatic N) is 1. The molecule has 2 aromatic heterocycles. The van der Waals surface area contributed by atoms with E-state index in [9.17, 15) is 0 Å². The molecule has 186 valence electrons. The Labute approximate surface area is 227 Å². The molecule has 5 aromatic carbocycles. The van der Waals surface area contributed by atoms with Crippen LogP contribution in [0.2, 0.25) is 0 Å². The van der Waals surface area contributed by atoms with Crippen LogP contribution in [0.1, 0.15) is 22.5 Å². The molecule has 0 atom stereocenters. The molecule has 0 saturated heterocycles. The predicted octanol–water partition coefficient (Wildman–Crippen LogP) is 10.1. The van der Waals surface area contributed by atoms with Crippen LogP contribution in [0.15, 0.2) is 133 Å². The number of rotatable bonds is 6. The minimum absolute atomic E-state index is 0.769. The molecule has 2 nitrogen and oxygen atoms in total. The monoisotopic (exact) mass is 501 g/mol. The first-order chi connectivity index (χ1) is 19.2. The molecule has 0 radical (unpaired) electrons. The summed E-state index contributed by atoms with van der Waals surface area (Å²) in [6, 6.07) is 41.3. The third kappa shape index (κ3) is 3.89. The van der Waals surface area contributed by atoms with Gasteiger partial charge in [0.25, 0.3) is 0 Å². The number of furan rings is 1. The highest BCUT2D eigenvalue weighted by molar-refractivity contribution is 6.10. The minimum Gasteiger partial charge on any atom is -0.456 e. The summed E-state index contributed by atoms with van der Waals surface area (Å²) in [5, 5.41) is 3.61. The Morgan fingerprint density at radius 3 is 2.10 bits per heavy atom. The largest absolute Gasteiger partial charge is 0.456 e. The lowest BCUT2D eigenvalue weighted by molar-refractivity contribution is 0.603. The van der Waals surface area contributed by atoms with Crippen LogP contribution in [0.4, 0.5) is 0 Å². The number of benzene rings is 5. The Morgan fingerprint density at radius 1 is 0.590 bits per heavy atom. The third-order valence-corrected chi connectivity index (χ3v) is 7.59. The lowest BCUT2D eigenvalue weighted by atomic mass is 9.98. The molecular formula is C37H27NO. The van der Waals surface area contributed by atoms with Gasteiger partial charge in [-0.05, 0) is 77.2 Å². The first-order valence-electron chi connectivity index (χ1n) is 13.2. The summed E-state index contributed by atoms with van der Waals surface area (Å²) in [7, 11) is 0. The molecule has 0 aliphatic rings. The topological polar surface area (TPSA) is 18.1 Å². The van der Waals surface area contributed by atoms with E-state index < -0.39 is 0 Å². The van der Waals surface area contributed by atoms with Crippen LogP contribution < -0.4 is 0 Å². The second kappa shape index (κ2) is 9.34. The fourth-order valence-corrected chi connectivity index (χ4v) is 5.71. The maximum Gasteiger partial charge on any atom is 0.135 e. The minimum atomic E-state index is 0.769. The van der Waals surface area contributed by atoms with E-state index in [-0.39, 0.29) is 0 Å². The zero-order chi connectivity index (χ0) is 26.3. The van der Waals surface area contributed by atoms with Crippen LogP contribution in [-0.2, 0) is 6.42 Å². The van der Waals surface area contributed by atoms with Gasteiger partial charge in [-0.15, -0.1) is 0 Å². The maximum absolute atomic E-state index is 5.90. The van der Waals surface area contributed by atoms with Gasteiger partial charge in [0.15, 0.2) is 0 Å².